The molecule has 0 saturated heterocycles. The van der Waals surface area contributed by atoms with E-state index >= 15 is 0 Å². The van der Waals surface area contributed by atoms with Crippen LogP contribution in [-0.4, -0.2) is 14.7 Å². The highest BCUT2D eigenvalue weighted by atomic mass is 16.3. The smallest absolute Gasteiger partial charge is 0.129 e. The van der Waals surface area contributed by atoms with Crippen molar-refractivity contribution in [3.05, 3.63) is 18.2 Å². The lowest BCUT2D eigenvalue weighted by Gasteiger charge is -2.05. The van der Waals surface area contributed by atoms with Crippen LogP contribution in [0.15, 0.2) is 12.4 Å². The Kier molecular flexibility index (Phi) is 1.53. The van der Waals surface area contributed by atoms with E-state index in [0.717, 1.165) is 5.82 Å². The SMILES string of the molecule is Cc1nccn1C(C)O. The van der Waals surface area contributed by atoms with Gasteiger partial charge in [-0.25, -0.2) is 4.98 Å². The van der Waals surface area contributed by atoms with Gasteiger partial charge < -0.3 is 9.67 Å². The second kappa shape index (κ2) is 2.19. The number of aliphatic hydroxyl groups excluding tert-OH is 1. The van der Waals surface area contributed by atoms with Gasteiger partial charge in [0, 0.05) is 12.4 Å². The van der Waals surface area contributed by atoms with Gasteiger partial charge in [0.25, 0.3) is 0 Å². The highest BCUT2D eigenvalue weighted by Crippen LogP contribution is 2.02. The number of hydrogen-bond acceptors (Lipinski definition) is 2. The highest BCUT2D eigenvalue weighted by Gasteiger charge is 1.99. The first-order chi connectivity index (χ1) is 4.22. The Morgan fingerprint density at radius 2 is 2.44 bits per heavy atom. The topological polar surface area (TPSA) is 38.0 Å². The summed E-state index contributed by atoms with van der Waals surface area (Å²) in [6.45, 7) is 3.56. The number of rotatable bonds is 1. The van der Waals surface area contributed by atoms with E-state index in [9.17, 15) is 0 Å². The molecule has 0 spiro atoms. The van der Waals surface area contributed by atoms with E-state index in [1.807, 2.05) is 6.92 Å². The summed E-state index contributed by atoms with van der Waals surface area (Å²) < 4.78 is 1.69. The quantitative estimate of drug-likeness (QED) is 0.601. The molecule has 0 radical (unpaired) electrons. The summed E-state index contributed by atoms with van der Waals surface area (Å²) in [5.41, 5.74) is 0. The summed E-state index contributed by atoms with van der Waals surface area (Å²) in [4.78, 5) is 3.94. The average Bonchev–Trinajstić information content (AvgIpc) is 2.13. The number of imidazole rings is 1. The van der Waals surface area contributed by atoms with Crippen LogP contribution in [0.25, 0.3) is 0 Å². The van der Waals surface area contributed by atoms with E-state index in [4.69, 9.17) is 5.11 Å². The second-order valence-corrected chi connectivity index (χ2v) is 2.01. The van der Waals surface area contributed by atoms with Crippen molar-refractivity contribution in [1.29, 1.82) is 0 Å². The Hall–Kier alpha value is -0.830. The Morgan fingerprint density at radius 3 is 2.67 bits per heavy atom. The molecule has 0 fully saturated rings. The van der Waals surface area contributed by atoms with Gasteiger partial charge in [-0.05, 0) is 13.8 Å². The molecule has 50 valence electrons. The molecule has 9 heavy (non-hydrogen) atoms. The van der Waals surface area contributed by atoms with E-state index in [2.05, 4.69) is 4.98 Å². The van der Waals surface area contributed by atoms with Crippen molar-refractivity contribution in [2.45, 2.75) is 20.1 Å². The Balaban J connectivity index is 2.94. The van der Waals surface area contributed by atoms with Crippen molar-refractivity contribution >= 4 is 0 Å². The third-order valence-electron chi connectivity index (χ3n) is 1.26. The fourth-order valence-corrected chi connectivity index (χ4v) is 0.783. The maximum absolute atomic E-state index is 9.02. The molecular weight excluding hydrogens is 116 g/mol. The van der Waals surface area contributed by atoms with Crippen LogP contribution >= 0.6 is 0 Å². The first-order valence-corrected chi connectivity index (χ1v) is 2.89. The summed E-state index contributed by atoms with van der Waals surface area (Å²) in [7, 11) is 0. The first kappa shape index (κ1) is 6.29. The molecule has 0 aliphatic rings. The van der Waals surface area contributed by atoms with E-state index < -0.39 is 6.23 Å². The minimum atomic E-state index is -0.465. The summed E-state index contributed by atoms with van der Waals surface area (Å²) in [6.07, 6.45) is 2.95. The van der Waals surface area contributed by atoms with E-state index in [1.165, 1.54) is 0 Å². The number of aromatic nitrogens is 2. The molecule has 1 rings (SSSR count). The molecule has 1 aromatic heterocycles. The minimum absolute atomic E-state index is 0.465. The number of nitrogens with zero attached hydrogens (tertiary/aromatic N) is 2. The van der Waals surface area contributed by atoms with Gasteiger partial charge >= 0.3 is 0 Å². The maximum Gasteiger partial charge on any atom is 0.129 e. The molecule has 1 atom stereocenters. The minimum Gasteiger partial charge on any atom is -0.374 e. The lowest BCUT2D eigenvalue weighted by molar-refractivity contribution is 0.122. The van der Waals surface area contributed by atoms with Gasteiger partial charge in [0.1, 0.15) is 12.1 Å². The predicted octanol–water partition coefficient (Wildman–Crippen LogP) is 0.702. The van der Waals surface area contributed by atoms with Crippen LogP contribution < -0.4 is 0 Å². The van der Waals surface area contributed by atoms with Crippen molar-refractivity contribution < 1.29 is 5.11 Å². The third-order valence-corrected chi connectivity index (χ3v) is 1.26. The van der Waals surface area contributed by atoms with Gasteiger partial charge in [-0.1, -0.05) is 0 Å². The number of aliphatic hydroxyl groups is 1. The van der Waals surface area contributed by atoms with E-state index in [0.29, 0.717) is 0 Å². The van der Waals surface area contributed by atoms with Crippen LogP contribution in [0.4, 0.5) is 0 Å². The number of hydrogen-bond donors (Lipinski definition) is 1. The summed E-state index contributed by atoms with van der Waals surface area (Å²) in [5, 5.41) is 9.02. The molecule has 0 saturated carbocycles. The van der Waals surface area contributed by atoms with Crippen molar-refractivity contribution in [2.24, 2.45) is 0 Å². The van der Waals surface area contributed by atoms with Gasteiger partial charge in [0.15, 0.2) is 0 Å². The molecule has 3 heteroatoms. The largest absolute Gasteiger partial charge is 0.374 e. The van der Waals surface area contributed by atoms with E-state index in [-0.39, 0.29) is 0 Å². The zero-order valence-corrected chi connectivity index (χ0v) is 5.57. The summed E-state index contributed by atoms with van der Waals surface area (Å²) in [6, 6.07) is 0. The predicted molar refractivity (Wildman–Crippen MR) is 33.9 cm³/mol. The van der Waals surface area contributed by atoms with Crippen molar-refractivity contribution in [3.63, 3.8) is 0 Å². The Labute approximate surface area is 54.0 Å². The third kappa shape index (κ3) is 1.10. The van der Waals surface area contributed by atoms with Gasteiger partial charge in [0.2, 0.25) is 0 Å². The van der Waals surface area contributed by atoms with Gasteiger partial charge in [0.05, 0.1) is 0 Å². The Morgan fingerprint density at radius 1 is 1.78 bits per heavy atom. The standard InChI is InChI=1S/C6H10N2O/c1-5-7-3-4-8(5)6(2)9/h3-4,6,9H,1-2H3. The molecule has 1 unspecified atom stereocenters. The first-order valence-electron chi connectivity index (χ1n) is 2.89. The van der Waals surface area contributed by atoms with Crippen LogP contribution in [0.2, 0.25) is 0 Å². The molecule has 1 aromatic rings. The Bertz CT molecular complexity index is 193. The van der Waals surface area contributed by atoms with Crippen molar-refractivity contribution in [3.8, 4) is 0 Å². The van der Waals surface area contributed by atoms with Crippen LogP contribution in [-0.2, 0) is 0 Å². The molecule has 0 aromatic carbocycles. The van der Waals surface area contributed by atoms with Gasteiger partial charge in [-0.3, -0.25) is 0 Å². The average molecular weight is 126 g/mol. The summed E-state index contributed by atoms with van der Waals surface area (Å²) in [5.74, 6) is 0.838. The molecule has 0 aliphatic carbocycles. The molecule has 0 aliphatic heterocycles. The van der Waals surface area contributed by atoms with Crippen molar-refractivity contribution in [2.75, 3.05) is 0 Å². The fraction of sp³-hybridized carbons (Fsp3) is 0.500. The summed E-state index contributed by atoms with van der Waals surface area (Å²) >= 11 is 0. The molecule has 1 N–H and O–H groups in total. The molecule has 0 bridgehead atoms. The van der Waals surface area contributed by atoms with Crippen LogP contribution in [0.5, 0.6) is 0 Å². The highest BCUT2D eigenvalue weighted by molar-refractivity contribution is 4.88. The zero-order valence-electron chi connectivity index (χ0n) is 5.57. The monoisotopic (exact) mass is 126 g/mol. The fourth-order valence-electron chi connectivity index (χ4n) is 0.783. The van der Waals surface area contributed by atoms with Gasteiger partial charge in [-0.15, -0.1) is 0 Å². The van der Waals surface area contributed by atoms with Crippen LogP contribution in [0.3, 0.4) is 0 Å². The van der Waals surface area contributed by atoms with Gasteiger partial charge in [-0.2, -0.15) is 0 Å². The number of aryl methyl sites for hydroxylation is 1. The second-order valence-electron chi connectivity index (χ2n) is 2.01. The van der Waals surface area contributed by atoms with Crippen molar-refractivity contribution in [1.82, 2.24) is 9.55 Å². The zero-order chi connectivity index (χ0) is 6.85. The van der Waals surface area contributed by atoms with Crippen LogP contribution in [0, 0.1) is 6.92 Å². The molecule has 3 nitrogen and oxygen atoms in total. The van der Waals surface area contributed by atoms with Crippen LogP contribution in [0.1, 0.15) is 19.0 Å². The lowest BCUT2D eigenvalue weighted by Crippen LogP contribution is -2.03. The normalized spacial score (nSPS) is 13.7. The van der Waals surface area contributed by atoms with E-state index in [1.54, 1.807) is 23.9 Å². The molecular formula is C6H10N2O. The lowest BCUT2D eigenvalue weighted by atomic mass is 10.6. The maximum atomic E-state index is 9.02. The molecule has 0 amide bonds. The molecule has 1 heterocycles.